The van der Waals surface area contributed by atoms with Crippen molar-refractivity contribution >= 4 is 0 Å². The van der Waals surface area contributed by atoms with Gasteiger partial charge >= 0.3 is 0 Å². The van der Waals surface area contributed by atoms with E-state index in [1.807, 2.05) is 12.1 Å². The molecule has 0 bridgehead atoms. The zero-order chi connectivity index (χ0) is 8.44. The Morgan fingerprint density at radius 3 is 3.00 bits per heavy atom. The monoisotopic (exact) mass is 149 g/mol. The molecule has 0 aliphatic carbocycles. The van der Waals surface area contributed by atoms with Crippen LogP contribution >= 0.6 is 0 Å². The Kier molecular flexibility index (Phi) is 1.57. The molecule has 2 heteroatoms. The van der Waals surface area contributed by atoms with Crippen LogP contribution in [0, 0.1) is 0 Å². The van der Waals surface area contributed by atoms with Crippen molar-refractivity contribution < 1.29 is 1.37 Å². The highest BCUT2D eigenvalue weighted by atomic mass is 14.9. The van der Waals surface area contributed by atoms with E-state index in [-0.39, 0.29) is 0 Å². The van der Waals surface area contributed by atoms with Crippen LogP contribution in [0.25, 0.3) is 0 Å². The molecule has 2 nitrogen and oxygen atoms in total. The minimum absolute atomic E-state index is 0.553. The van der Waals surface area contributed by atoms with Gasteiger partial charge in [-0.05, 0) is 37.1 Å². The van der Waals surface area contributed by atoms with E-state index in [9.17, 15) is 0 Å². The summed E-state index contributed by atoms with van der Waals surface area (Å²) >= 11 is 0. The summed E-state index contributed by atoms with van der Waals surface area (Å²) in [6, 6.07) is 3.26. The number of nitrogens with one attached hydrogen (secondary N) is 1. The largest absolute Gasteiger partial charge is 0.310 e. The number of hydrogen-bond donors (Lipinski definition) is 1. The molecule has 1 saturated heterocycles. The van der Waals surface area contributed by atoms with E-state index in [1.165, 1.54) is 0 Å². The molecule has 0 amide bonds. The Morgan fingerprint density at radius 2 is 2.36 bits per heavy atom. The molecule has 58 valence electrons. The third-order valence-electron chi connectivity index (χ3n) is 1.97. The summed E-state index contributed by atoms with van der Waals surface area (Å²) in [5.41, 5.74) is 1.02. The Bertz CT molecular complexity index is 254. The molecule has 1 aliphatic rings. The molecule has 1 fully saturated rings. The summed E-state index contributed by atoms with van der Waals surface area (Å²) in [7, 11) is 0. The fourth-order valence-corrected chi connectivity index (χ4v) is 1.39. The lowest BCUT2D eigenvalue weighted by Gasteiger charge is -2.08. The fourth-order valence-electron chi connectivity index (χ4n) is 1.39. The van der Waals surface area contributed by atoms with E-state index < -0.39 is 6.02 Å². The third kappa shape index (κ3) is 1.40. The SMILES string of the molecule is [2H]C1(c2ccncc2)CCCN1. The standard InChI is InChI=1S/C9H12N2/c1-2-9(11-5-1)8-3-6-10-7-4-8/h3-4,6-7,9,11H,1-2,5H2/i9D. The van der Waals surface area contributed by atoms with Crippen LogP contribution in [0.1, 0.15) is 25.8 Å². The summed E-state index contributed by atoms with van der Waals surface area (Å²) in [6.45, 7) is 0.950. The molecule has 1 unspecified atom stereocenters. The van der Waals surface area contributed by atoms with E-state index in [2.05, 4.69) is 10.3 Å². The van der Waals surface area contributed by atoms with Crippen molar-refractivity contribution in [2.24, 2.45) is 0 Å². The average molecular weight is 149 g/mol. The minimum Gasteiger partial charge on any atom is -0.310 e. The predicted octanol–water partition coefficient (Wildman–Crippen LogP) is 1.51. The van der Waals surface area contributed by atoms with Gasteiger partial charge < -0.3 is 5.32 Å². The Balaban J connectivity index is 2.29. The van der Waals surface area contributed by atoms with Crippen molar-refractivity contribution in [1.29, 1.82) is 0 Å². The van der Waals surface area contributed by atoms with E-state index >= 15 is 0 Å². The van der Waals surface area contributed by atoms with Gasteiger partial charge in [0.2, 0.25) is 0 Å². The van der Waals surface area contributed by atoms with Crippen LogP contribution in [-0.4, -0.2) is 11.5 Å². The second-order valence-electron chi connectivity index (χ2n) is 2.74. The van der Waals surface area contributed by atoms with Gasteiger partial charge in [0.1, 0.15) is 0 Å². The molecule has 2 rings (SSSR count). The zero-order valence-corrected chi connectivity index (χ0v) is 6.38. The van der Waals surface area contributed by atoms with Crippen LogP contribution in [0.5, 0.6) is 0 Å². The van der Waals surface area contributed by atoms with E-state index in [0.717, 1.165) is 24.9 Å². The lowest BCUT2D eigenvalue weighted by atomic mass is 10.1. The lowest BCUT2D eigenvalue weighted by molar-refractivity contribution is 0.647. The van der Waals surface area contributed by atoms with Gasteiger partial charge in [0.15, 0.2) is 0 Å². The number of rotatable bonds is 1. The van der Waals surface area contributed by atoms with Gasteiger partial charge in [0.25, 0.3) is 0 Å². The van der Waals surface area contributed by atoms with Crippen LogP contribution in [0.2, 0.25) is 0 Å². The molecule has 11 heavy (non-hydrogen) atoms. The second-order valence-corrected chi connectivity index (χ2v) is 2.74. The molecular formula is C9H12N2. The molecule has 0 spiro atoms. The van der Waals surface area contributed by atoms with Crippen molar-refractivity contribution in [2.45, 2.75) is 18.9 Å². The van der Waals surface area contributed by atoms with Gasteiger partial charge in [0, 0.05) is 18.4 Å². The summed E-state index contributed by atoms with van der Waals surface area (Å²) in [5, 5.41) is 3.19. The Morgan fingerprint density at radius 1 is 1.55 bits per heavy atom. The molecule has 1 aromatic heterocycles. The van der Waals surface area contributed by atoms with E-state index in [1.54, 1.807) is 12.4 Å². The maximum atomic E-state index is 8.08. The van der Waals surface area contributed by atoms with Crippen molar-refractivity contribution in [3.63, 3.8) is 0 Å². The van der Waals surface area contributed by atoms with Crippen LogP contribution in [0.4, 0.5) is 0 Å². The first-order chi connectivity index (χ1) is 5.81. The van der Waals surface area contributed by atoms with Crippen LogP contribution in [-0.2, 0) is 0 Å². The first-order valence-electron chi connectivity index (χ1n) is 4.47. The van der Waals surface area contributed by atoms with Crippen LogP contribution in [0.3, 0.4) is 0 Å². The molecule has 1 aliphatic heterocycles. The Labute approximate surface area is 68.1 Å². The predicted molar refractivity (Wildman–Crippen MR) is 44.2 cm³/mol. The zero-order valence-electron chi connectivity index (χ0n) is 7.38. The highest BCUT2D eigenvalue weighted by Crippen LogP contribution is 2.21. The smallest absolute Gasteiger partial charge is 0.0516 e. The van der Waals surface area contributed by atoms with Gasteiger partial charge in [-0.25, -0.2) is 0 Å². The molecule has 1 N–H and O–H groups in total. The van der Waals surface area contributed by atoms with Crippen molar-refractivity contribution in [3.8, 4) is 0 Å². The molecule has 0 aromatic carbocycles. The molecule has 0 radical (unpaired) electrons. The molecule has 0 saturated carbocycles. The number of nitrogens with zero attached hydrogens (tertiary/aromatic N) is 1. The van der Waals surface area contributed by atoms with Crippen molar-refractivity contribution in [3.05, 3.63) is 30.1 Å². The number of hydrogen-bond acceptors (Lipinski definition) is 2. The highest BCUT2D eigenvalue weighted by Gasteiger charge is 2.14. The molecule has 1 aromatic rings. The first kappa shape index (κ1) is 5.72. The fraction of sp³-hybridized carbons (Fsp3) is 0.444. The first-order valence-corrected chi connectivity index (χ1v) is 3.97. The highest BCUT2D eigenvalue weighted by molar-refractivity contribution is 5.15. The van der Waals surface area contributed by atoms with Crippen LogP contribution < -0.4 is 5.32 Å². The topological polar surface area (TPSA) is 24.9 Å². The summed E-state index contributed by atoms with van der Waals surface area (Å²) in [4.78, 5) is 3.94. The normalized spacial score (nSPS) is 31.8. The quantitative estimate of drug-likeness (QED) is 0.654. The van der Waals surface area contributed by atoms with Crippen molar-refractivity contribution in [1.82, 2.24) is 10.3 Å². The van der Waals surface area contributed by atoms with Crippen LogP contribution in [0.15, 0.2) is 24.5 Å². The van der Waals surface area contributed by atoms with Gasteiger partial charge in [-0.1, -0.05) is 0 Å². The molecule has 1 atom stereocenters. The van der Waals surface area contributed by atoms with E-state index in [0.29, 0.717) is 0 Å². The lowest BCUT2D eigenvalue weighted by Crippen LogP contribution is -2.12. The number of pyridine rings is 1. The number of aromatic nitrogens is 1. The maximum absolute atomic E-state index is 8.08. The van der Waals surface area contributed by atoms with Crippen molar-refractivity contribution in [2.75, 3.05) is 6.54 Å². The molecule has 2 heterocycles. The van der Waals surface area contributed by atoms with Gasteiger partial charge in [0.05, 0.1) is 1.37 Å². The average Bonchev–Trinajstić information content (AvgIpc) is 2.55. The van der Waals surface area contributed by atoms with Gasteiger partial charge in [-0.3, -0.25) is 4.98 Å². The second kappa shape index (κ2) is 3.01. The van der Waals surface area contributed by atoms with Gasteiger partial charge in [-0.15, -0.1) is 0 Å². The summed E-state index contributed by atoms with van der Waals surface area (Å²) in [5.74, 6) is 0. The van der Waals surface area contributed by atoms with E-state index in [4.69, 9.17) is 1.37 Å². The maximum Gasteiger partial charge on any atom is 0.0516 e. The summed E-state index contributed by atoms with van der Waals surface area (Å²) in [6.07, 6.45) is 5.47. The Hall–Kier alpha value is -0.890. The minimum atomic E-state index is -0.553. The molecular weight excluding hydrogens is 136 g/mol. The summed E-state index contributed by atoms with van der Waals surface area (Å²) < 4.78 is 8.08. The third-order valence-corrected chi connectivity index (χ3v) is 1.97. The van der Waals surface area contributed by atoms with Gasteiger partial charge in [-0.2, -0.15) is 0 Å².